The summed E-state index contributed by atoms with van der Waals surface area (Å²) >= 11 is 7.90. The maximum Gasteiger partial charge on any atom is 0.229 e. The van der Waals surface area contributed by atoms with Crippen molar-refractivity contribution >= 4 is 44.6 Å². The number of hydrogen-bond acceptors (Lipinski definition) is 2. The molecule has 0 bridgehead atoms. The van der Waals surface area contributed by atoms with Gasteiger partial charge < -0.3 is 5.32 Å². The van der Waals surface area contributed by atoms with Gasteiger partial charge in [-0.2, -0.15) is 0 Å². The number of benzene rings is 2. The second-order valence-corrected chi connectivity index (χ2v) is 5.94. The van der Waals surface area contributed by atoms with Crippen LogP contribution in [0, 0.1) is 0 Å². The second-order valence-electron chi connectivity index (χ2n) is 4.43. The predicted molar refractivity (Wildman–Crippen MR) is 85.6 cm³/mol. The highest BCUT2D eigenvalue weighted by Crippen LogP contribution is 2.35. The Balaban J connectivity index is 1.79. The van der Waals surface area contributed by atoms with E-state index in [9.17, 15) is 4.79 Å². The summed E-state index contributed by atoms with van der Waals surface area (Å²) in [6.45, 7) is 0. The Labute approximate surface area is 126 Å². The molecule has 0 spiro atoms. The number of rotatable bonds is 3. The zero-order valence-electron chi connectivity index (χ0n) is 10.6. The minimum atomic E-state index is -0.0512. The predicted octanol–water partition coefficient (Wildman–Crippen LogP) is 4.74. The van der Waals surface area contributed by atoms with Crippen molar-refractivity contribution < 1.29 is 4.79 Å². The van der Waals surface area contributed by atoms with Crippen molar-refractivity contribution in [1.82, 2.24) is 0 Å². The number of hydrogen-bond donors (Lipinski definition) is 1. The first-order valence-corrected chi connectivity index (χ1v) is 7.44. The van der Waals surface area contributed by atoms with E-state index in [1.807, 2.05) is 54.6 Å². The van der Waals surface area contributed by atoms with E-state index in [1.54, 1.807) is 11.3 Å². The molecule has 0 saturated heterocycles. The molecule has 0 aliphatic heterocycles. The molecule has 1 N–H and O–H groups in total. The van der Waals surface area contributed by atoms with Crippen LogP contribution in [0.3, 0.4) is 0 Å². The molecular formula is C16H12ClNOS. The van der Waals surface area contributed by atoms with E-state index in [4.69, 9.17) is 11.6 Å². The molecule has 20 heavy (non-hydrogen) atoms. The van der Waals surface area contributed by atoms with E-state index in [2.05, 4.69) is 5.32 Å². The fourth-order valence-electron chi connectivity index (χ4n) is 2.05. The fourth-order valence-corrected chi connectivity index (χ4v) is 3.55. The molecule has 0 saturated carbocycles. The number of para-hydroxylation sites is 1. The molecule has 100 valence electrons. The standard InChI is InChI=1S/C16H12ClNOS/c17-16-12-8-4-5-9-13(12)20-14(16)10-15(19)18-11-6-2-1-3-7-11/h1-9H,10H2,(H,18,19). The Morgan fingerprint density at radius 3 is 2.50 bits per heavy atom. The zero-order valence-corrected chi connectivity index (χ0v) is 12.2. The molecule has 0 atom stereocenters. The first-order valence-electron chi connectivity index (χ1n) is 6.25. The van der Waals surface area contributed by atoms with Crippen LogP contribution in [0.25, 0.3) is 10.1 Å². The van der Waals surface area contributed by atoms with Crippen molar-refractivity contribution in [1.29, 1.82) is 0 Å². The van der Waals surface area contributed by atoms with E-state index in [-0.39, 0.29) is 5.91 Å². The van der Waals surface area contributed by atoms with Crippen LogP contribution in [-0.2, 0) is 11.2 Å². The Morgan fingerprint density at radius 2 is 1.75 bits per heavy atom. The average Bonchev–Trinajstić information content (AvgIpc) is 2.77. The summed E-state index contributed by atoms with van der Waals surface area (Å²) in [4.78, 5) is 13.0. The minimum absolute atomic E-state index is 0.0512. The van der Waals surface area contributed by atoms with Crippen LogP contribution >= 0.6 is 22.9 Å². The molecule has 4 heteroatoms. The van der Waals surface area contributed by atoms with Gasteiger partial charge in [-0.25, -0.2) is 0 Å². The van der Waals surface area contributed by atoms with Gasteiger partial charge in [-0.05, 0) is 18.2 Å². The van der Waals surface area contributed by atoms with Crippen LogP contribution in [0.1, 0.15) is 4.88 Å². The normalized spacial score (nSPS) is 10.7. The summed E-state index contributed by atoms with van der Waals surface area (Å²) in [5.74, 6) is -0.0512. The Morgan fingerprint density at radius 1 is 1.05 bits per heavy atom. The van der Waals surface area contributed by atoms with E-state index >= 15 is 0 Å². The lowest BCUT2D eigenvalue weighted by Gasteiger charge is -2.03. The van der Waals surface area contributed by atoms with E-state index in [0.29, 0.717) is 11.4 Å². The van der Waals surface area contributed by atoms with Crippen LogP contribution in [-0.4, -0.2) is 5.91 Å². The third kappa shape index (κ3) is 2.69. The van der Waals surface area contributed by atoms with Crippen molar-refractivity contribution in [3.05, 3.63) is 64.5 Å². The highest BCUT2D eigenvalue weighted by molar-refractivity contribution is 7.19. The molecule has 2 aromatic carbocycles. The van der Waals surface area contributed by atoms with E-state index in [0.717, 1.165) is 20.7 Å². The average molecular weight is 302 g/mol. The maximum absolute atomic E-state index is 12.0. The lowest BCUT2D eigenvalue weighted by molar-refractivity contribution is -0.115. The fraction of sp³-hybridized carbons (Fsp3) is 0.0625. The van der Waals surface area contributed by atoms with E-state index < -0.39 is 0 Å². The second kappa shape index (κ2) is 5.65. The van der Waals surface area contributed by atoms with Crippen molar-refractivity contribution in [3.63, 3.8) is 0 Å². The SMILES string of the molecule is O=C(Cc1sc2ccccc2c1Cl)Nc1ccccc1. The molecule has 0 fully saturated rings. The molecule has 3 aromatic rings. The van der Waals surface area contributed by atoms with Gasteiger partial charge in [0.25, 0.3) is 0 Å². The van der Waals surface area contributed by atoms with Gasteiger partial charge >= 0.3 is 0 Å². The monoisotopic (exact) mass is 301 g/mol. The summed E-state index contributed by atoms with van der Waals surface area (Å²) in [6.07, 6.45) is 0.299. The Bertz CT molecular complexity index is 752. The van der Waals surface area contributed by atoms with Crippen LogP contribution in [0.15, 0.2) is 54.6 Å². The van der Waals surface area contributed by atoms with Crippen molar-refractivity contribution in [2.75, 3.05) is 5.32 Å². The smallest absolute Gasteiger partial charge is 0.229 e. The van der Waals surface area contributed by atoms with Crippen molar-refractivity contribution in [3.8, 4) is 0 Å². The summed E-state index contributed by atoms with van der Waals surface area (Å²) in [6, 6.07) is 17.4. The van der Waals surface area contributed by atoms with Gasteiger partial charge in [0.2, 0.25) is 5.91 Å². The maximum atomic E-state index is 12.0. The molecule has 0 radical (unpaired) electrons. The molecule has 0 aliphatic carbocycles. The quantitative estimate of drug-likeness (QED) is 0.744. The van der Waals surface area contributed by atoms with Gasteiger partial charge in [-0.15, -0.1) is 11.3 Å². The Kier molecular flexibility index (Phi) is 3.72. The van der Waals surface area contributed by atoms with Gasteiger partial charge in [0.1, 0.15) is 0 Å². The van der Waals surface area contributed by atoms with Crippen LogP contribution < -0.4 is 5.32 Å². The highest BCUT2D eigenvalue weighted by Gasteiger charge is 2.13. The number of amides is 1. The molecule has 0 aliphatic rings. The molecule has 0 unspecified atom stereocenters. The number of fused-ring (bicyclic) bond motifs is 1. The molecule has 1 heterocycles. The summed E-state index contributed by atoms with van der Waals surface area (Å²) in [5, 5.41) is 4.58. The number of thiophene rings is 1. The van der Waals surface area contributed by atoms with Gasteiger partial charge in [0.15, 0.2) is 0 Å². The molecule has 1 aromatic heterocycles. The van der Waals surface area contributed by atoms with Gasteiger partial charge in [0.05, 0.1) is 11.4 Å². The largest absolute Gasteiger partial charge is 0.326 e. The third-order valence-corrected chi connectivity index (χ3v) is 4.69. The number of anilines is 1. The number of halogens is 1. The highest BCUT2D eigenvalue weighted by atomic mass is 35.5. The lowest BCUT2D eigenvalue weighted by Crippen LogP contribution is -2.13. The topological polar surface area (TPSA) is 29.1 Å². The third-order valence-electron chi connectivity index (χ3n) is 2.98. The molecule has 1 amide bonds. The molecule has 2 nitrogen and oxygen atoms in total. The van der Waals surface area contributed by atoms with Crippen LogP contribution in [0.2, 0.25) is 5.02 Å². The number of carbonyl (C=O) groups excluding carboxylic acids is 1. The van der Waals surface area contributed by atoms with Crippen LogP contribution in [0.4, 0.5) is 5.69 Å². The Hall–Kier alpha value is -1.84. The molecule has 3 rings (SSSR count). The summed E-state index contributed by atoms with van der Waals surface area (Å²) in [7, 11) is 0. The van der Waals surface area contributed by atoms with Crippen molar-refractivity contribution in [2.24, 2.45) is 0 Å². The van der Waals surface area contributed by atoms with E-state index in [1.165, 1.54) is 0 Å². The zero-order chi connectivity index (χ0) is 13.9. The van der Waals surface area contributed by atoms with Gasteiger partial charge in [-0.1, -0.05) is 48.0 Å². The minimum Gasteiger partial charge on any atom is -0.326 e. The van der Waals surface area contributed by atoms with Crippen molar-refractivity contribution in [2.45, 2.75) is 6.42 Å². The number of carbonyl (C=O) groups is 1. The first-order chi connectivity index (χ1) is 9.74. The van der Waals surface area contributed by atoms with Gasteiger partial charge in [-0.3, -0.25) is 4.79 Å². The summed E-state index contributed by atoms with van der Waals surface area (Å²) < 4.78 is 1.11. The summed E-state index contributed by atoms with van der Waals surface area (Å²) in [5.41, 5.74) is 0.801. The first kappa shape index (κ1) is 13.2. The number of nitrogens with one attached hydrogen (secondary N) is 1. The van der Waals surface area contributed by atoms with Gasteiger partial charge in [0, 0.05) is 20.7 Å². The van der Waals surface area contributed by atoms with Crippen LogP contribution in [0.5, 0.6) is 0 Å². The lowest BCUT2D eigenvalue weighted by atomic mass is 10.2. The molecular weight excluding hydrogens is 290 g/mol.